The highest BCUT2D eigenvalue weighted by atomic mass is 32.2. The summed E-state index contributed by atoms with van der Waals surface area (Å²) in [5.41, 5.74) is 5.13. The van der Waals surface area contributed by atoms with Crippen molar-refractivity contribution < 1.29 is 22.7 Å². The molecule has 1 aromatic carbocycles. The normalized spacial score (nSPS) is 13.3. The average Bonchev–Trinajstić information content (AvgIpc) is 2.20. The lowest BCUT2D eigenvalue weighted by Crippen LogP contribution is -2.37. The van der Waals surface area contributed by atoms with E-state index in [1.165, 1.54) is 18.2 Å². The summed E-state index contributed by atoms with van der Waals surface area (Å²) in [5, 5.41) is 8.50. The summed E-state index contributed by atoms with van der Waals surface area (Å²) in [4.78, 5) is 10.4. The molecule has 1 atom stereocenters. The Hall–Kier alpha value is -1.47. The lowest BCUT2D eigenvalue weighted by molar-refractivity contribution is -0.137. The van der Waals surface area contributed by atoms with Crippen LogP contribution in [0.1, 0.15) is 5.56 Å². The molecule has 0 radical (unpaired) electrons. The fraction of sp³-hybridized carbons (Fsp3) is 0.300. The molecule has 5 nitrogen and oxygen atoms in total. The summed E-state index contributed by atoms with van der Waals surface area (Å²) in [6.07, 6.45) is 0. The first-order valence-electron chi connectivity index (χ1n) is 4.74. The molecule has 0 heterocycles. The molecule has 0 fully saturated rings. The fourth-order valence-electron chi connectivity index (χ4n) is 1.26. The summed E-state index contributed by atoms with van der Waals surface area (Å²) in [6.45, 7) is 0. The molecule has 0 spiro atoms. The van der Waals surface area contributed by atoms with Crippen LogP contribution in [0.15, 0.2) is 24.3 Å². The SMILES string of the molecule is NC(CS(=O)(=O)Cc1ccccc1F)C(=O)O. The van der Waals surface area contributed by atoms with Gasteiger partial charge in [0.05, 0.1) is 11.5 Å². The zero-order valence-electron chi connectivity index (χ0n) is 8.84. The van der Waals surface area contributed by atoms with Crippen molar-refractivity contribution >= 4 is 15.8 Å². The third kappa shape index (κ3) is 4.12. The van der Waals surface area contributed by atoms with E-state index < -0.39 is 39.2 Å². The minimum Gasteiger partial charge on any atom is -0.480 e. The summed E-state index contributed by atoms with van der Waals surface area (Å²) in [6, 6.07) is 3.92. The van der Waals surface area contributed by atoms with Crippen LogP contribution in [0.2, 0.25) is 0 Å². The highest BCUT2D eigenvalue weighted by molar-refractivity contribution is 7.90. The van der Waals surface area contributed by atoms with Crippen LogP contribution in [0.25, 0.3) is 0 Å². The molecule has 1 unspecified atom stereocenters. The summed E-state index contributed by atoms with van der Waals surface area (Å²) in [7, 11) is -3.75. The Balaban J connectivity index is 2.81. The van der Waals surface area contributed by atoms with Crippen molar-refractivity contribution in [3.05, 3.63) is 35.6 Å². The molecule has 0 aliphatic carbocycles. The lowest BCUT2D eigenvalue weighted by Gasteiger charge is -2.08. The van der Waals surface area contributed by atoms with Crippen LogP contribution in [0, 0.1) is 5.82 Å². The zero-order chi connectivity index (χ0) is 13.1. The Bertz CT molecular complexity index is 515. The van der Waals surface area contributed by atoms with Gasteiger partial charge < -0.3 is 10.8 Å². The first-order valence-corrected chi connectivity index (χ1v) is 6.56. The van der Waals surface area contributed by atoms with Gasteiger partial charge in [0.15, 0.2) is 9.84 Å². The second-order valence-corrected chi connectivity index (χ2v) is 5.70. The number of hydrogen-bond donors (Lipinski definition) is 2. The molecule has 0 bridgehead atoms. The Morgan fingerprint density at radius 3 is 2.53 bits per heavy atom. The Morgan fingerprint density at radius 2 is 2.00 bits per heavy atom. The van der Waals surface area contributed by atoms with E-state index in [0.717, 1.165) is 6.07 Å². The number of carboxylic acids is 1. The van der Waals surface area contributed by atoms with Gasteiger partial charge in [0.2, 0.25) is 0 Å². The highest BCUT2D eigenvalue weighted by Gasteiger charge is 2.22. The fourth-order valence-corrected chi connectivity index (χ4v) is 2.77. The van der Waals surface area contributed by atoms with Crippen molar-refractivity contribution in [1.82, 2.24) is 0 Å². The second-order valence-electron chi connectivity index (χ2n) is 3.59. The largest absolute Gasteiger partial charge is 0.480 e. The molecule has 0 aromatic heterocycles. The molecule has 1 aromatic rings. The topological polar surface area (TPSA) is 97.5 Å². The molecular weight excluding hydrogens is 249 g/mol. The first-order chi connectivity index (χ1) is 7.82. The van der Waals surface area contributed by atoms with Crippen LogP contribution >= 0.6 is 0 Å². The van der Waals surface area contributed by atoms with Crippen molar-refractivity contribution in [3.63, 3.8) is 0 Å². The van der Waals surface area contributed by atoms with Crippen molar-refractivity contribution in [1.29, 1.82) is 0 Å². The van der Waals surface area contributed by atoms with Gasteiger partial charge in [-0.2, -0.15) is 0 Å². The molecule has 0 amide bonds. The molecular formula is C10H12FNO4S. The van der Waals surface area contributed by atoms with Crippen LogP contribution in [-0.4, -0.2) is 31.3 Å². The van der Waals surface area contributed by atoms with Crippen LogP contribution in [0.3, 0.4) is 0 Å². The third-order valence-electron chi connectivity index (χ3n) is 2.08. The third-order valence-corrected chi connectivity index (χ3v) is 3.70. The standard InChI is InChI=1S/C10H12FNO4S/c11-8-4-2-1-3-7(8)5-17(15,16)6-9(12)10(13)14/h1-4,9H,5-6,12H2,(H,13,14). The number of rotatable bonds is 5. The Kier molecular flexibility index (Phi) is 4.19. The van der Waals surface area contributed by atoms with Gasteiger partial charge in [-0.15, -0.1) is 0 Å². The van der Waals surface area contributed by atoms with Gasteiger partial charge in [-0.25, -0.2) is 12.8 Å². The number of halogens is 1. The van der Waals surface area contributed by atoms with Crippen LogP contribution in [0.4, 0.5) is 4.39 Å². The molecule has 7 heteroatoms. The van der Waals surface area contributed by atoms with Crippen molar-refractivity contribution in [2.24, 2.45) is 5.73 Å². The summed E-state index contributed by atoms with van der Waals surface area (Å²) < 4.78 is 36.3. The van der Waals surface area contributed by atoms with Crippen molar-refractivity contribution in [3.8, 4) is 0 Å². The average molecular weight is 261 g/mol. The van der Waals surface area contributed by atoms with Gasteiger partial charge in [-0.05, 0) is 6.07 Å². The highest BCUT2D eigenvalue weighted by Crippen LogP contribution is 2.11. The lowest BCUT2D eigenvalue weighted by atomic mass is 10.2. The number of nitrogens with two attached hydrogens (primary N) is 1. The molecule has 1 rings (SSSR count). The molecule has 3 N–H and O–H groups in total. The van der Waals surface area contributed by atoms with E-state index in [-0.39, 0.29) is 5.56 Å². The minimum atomic E-state index is -3.75. The van der Waals surface area contributed by atoms with E-state index in [0.29, 0.717) is 0 Å². The van der Waals surface area contributed by atoms with Crippen molar-refractivity contribution in [2.45, 2.75) is 11.8 Å². The van der Waals surface area contributed by atoms with Crippen LogP contribution < -0.4 is 5.73 Å². The van der Waals surface area contributed by atoms with Crippen LogP contribution in [-0.2, 0) is 20.4 Å². The maximum absolute atomic E-state index is 13.2. The minimum absolute atomic E-state index is 0.00471. The summed E-state index contributed by atoms with van der Waals surface area (Å²) in [5.74, 6) is -3.31. The second kappa shape index (κ2) is 5.24. The van der Waals surface area contributed by atoms with E-state index in [1.54, 1.807) is 0 Å². The van der Waals surface area contributed by atoms with Gasteiger partial charge in [-0.1, -0.05) is 18.2 Å². The Morgan fingerprint density at radius 1 is 1.41 bits per heavy atom. The van der Waals surface area contributed by atoms with Gasteiger partial charge in [0.1, 0.15) is 11.9 Å². The van der Waals surface area contributed by atoms with Gasteiger partial charge >= 0.3 is 5.97 Å². The monoisotopic (exact) mass is 261 g/mol. The van der Waals surface area contributed by atoms with E-state index in [4.69, 9.17) is 10.8 Å². The zero-order valence-corrected chi connectivity index (χ0v) is 9.65. The number of aliphatic carboxylic acids is 1. The smallest absolute Gasteiger partial charge is 0.321 e. The molecule has 0 aliphatic rings. The maximum Gasteiger partial charge on any atom is 0.321 e. The quantitative estimate of drug-likeness (QED) is 0.786. The van der Waals surface area contributed by atoms with E-state index >= 15 is 0 Å². The predicted octanol–water partition coefficient (Wildman–Crippen LogP) is 0.152. The number of sulfone groups is 1. The number of hydrogen-bond acceptors (Lipinski definition) is 4. The van der Waals surface area contributed by atoms with Crippen LogP contribution in [0.5, 0.6) is 0 Å². The van der Waals surface area contributed by atoms with Crippen molar-refractivity contribution in [2.75, 3.05) is 5.75 Å². The van der Waals surface area contributed by atoms with Gasteiger partial charge in [0.25, 0.3) is 0 Å². The summed E-state index contributed by atoms with van der Waals surface area (Å²) >= 11 is 0. The van der Waals surface area contributed by atoms with Gasteiger partial charge in [0, 0.05) is 5.56 Å². The van der Waals surface area contributed by atoms with E-state index in [9.17, 15) is 17.6 Å². The number of carboxylic acid groups (broad SMARTS) is 1. The molecule has 0 saturated carbocycles. The maximum atomic E-state index is 13.2. The van der Waals surface area contributed by atoms with Gasteiger partial charge in [-0.3, -0.25) is 4.79 Å². The Labute approximate surface area is 98.0 Å². The van der Waals surface area contributed by atoms with E-state index in [1.807, 2.05) is 0 Å². The first kappa shape index (κ1) is 13.6. The molecule has 17 heavy (non-hydrogen) atoms. The molecule has 0 aliphatic heterocycles. The number of benzene rings is 1. The van der Waals surface area contributed by atoms with E-state index in [2.05, 4.69) is 0 Å². The molecule has 0 saturated heterocycles. The number of carbonyl (C=O) groups is 1. The molecule has 94 valence electrons. The predicted molar refractivity (Wildman–Crippen MR) is 59.5 cm³/mol.